The van der Waals surface area contributed by atoms with E-state index in [1.54, 1.807) is 12.3 Å². The lowest BCUT2D eigenvalue weighted by Gasteiger charge is -2.40. The summed E-state index contributed by atoms with van der Waals surface area (Å²) in [7, 11) is 0. The lowest BCUT2D eigenvalue weighted by atomic mass is 9.89. The minimum Gasteiger partial charge on any atom is -0.383 e. The van der Waals surface area contributed by atoms with Gasteiger partial charge in [-0.2, -0.15) is 4.98 Å². The Hall–Kier alpha value is -2.18. The number of nitrogens with two attached hydrogens (primary N) is 2. The fourth-order valence-corrected chi connectivity index (χ4v) is 4.58. The first-order valence-electron chi connectivity index (χ1n) is 11.0. The SMILES string of the molecule is CC(Cc1ccc(-n2ccc(N)nc2=O)cc1)N(CC1CC1)C1CCC(N)CC1. The normalized spacial score (nSPS) is 23.3. The third kappa shape index (κ3) is 5.06. The average molecular weight is 396 g/mol. The van der Waals surface area contributed by atoms with Gasteiger partial charge in [-0.15, -0.1) is 0 Å². The summed E-state index contributed by atoms with van der Waals surface area (Å²) in [6, 6.07) is 11.4. The van der Waals surface area contributed by atoms with Crippen LogP contribution in [-0.2, 0) is 6.42 Å². The second-order valence-corrected chi connectivity index (χ2v) is 8.93. The zero-order valence-corrected chi connectivity index (χ0v) is 17.3. The zero-order valence-electron chi connectivity index (χ0n) is 17.3. The zero-order chi connectivity index (χ0) is 20.4. The summed E-state index contributed by atoms with van der Waals surface area (Å²) in [5.41, 5.74) is 13.5. The van der Waals surface area contributed by atoms with Gasteiger partial charge in [-0.25, -0.2) is 4.79 Å². The summed E-state index contributed by atoms with van der Waals surface area (Å²) in [5.74, 6) is 1.14. The number of nitrogen functional groups attached to an aromatic ring is 1. The van der Waals surface area contributed by atoms with Crippen molar-refractivity contribution in [2.45, 2.75) is 70.0 Å². The van der Waals surface area contributed by atoms with E-state index in [9.17, 15) is 4.79 Å². The average Bonchev–Trinajstić information content (AvgIpc) is 3.52. The van der Waals surface area contributed by atoms with Crippen LogP contribution in [0.15, 0.2) is 41.3 Å². The molecule has 156 valence electrons. The van der Waals surface area contributed by atoms with Crippen LogP contribution in [0.5, 0.6) is 0 Å². The molecule has 29 heavy (non-hydrogen) atoms. The second-order valence-electron chi connectivity index (χ2n) is 8.93. The van der Waals surface area contributed by atoms with Gasteiger partial charge >= 0.3 is 5.69 Å². The van der Waals surface area contributed by atoms with Crippen LogP contribution in [-0.4, -0.2) is 39.1 Å². The van der Waals surface area contributed by atoms with Crippen LogP contribution in [0.3, 0.4) is 0 Å². The predicted octanol–water partition coefficient (Wildman–Crippen LogP) is 2.73. The Kier molecular flexibility index (Phi) is 6.01. The van der Waals surface area contributed by atoms with E-state index in [0.29, 0.717) is 18.1 Å². The van der Waals surface area contributed by atoms with Crippen LogP contribution in [0.4, 0.5) is 5.82 Å². The van der Waals surface area contributed by atoms with Crippen LogP contribution in [0.25, 0.3) is 5.69 Å². The minimum atomic E-state index is -0.350. The quantitative estimate of drug-likeness (QED) is 0.752. The van der Waals surface area contributed by atoms with E-state index in [-0.39, 0.29) is 11.5 Å². The summed E-state index contributed by atoms with van der Waals surface area (Å²) in [5, 5.41) is 0. The highest BCUT2D eigenvalue weighted by Crippen LogP contribution is 2.34. The number of hydrogen-bond donors (Lipinski definition) is 2. The molecule has 0 amide bonds. The Labute approximate surface area is 172 Å². The number of rotatable bonds is 7. The van der Waals surface area contributed by atoms with Crippen LogP contribution in [0.2, 0.25) is 0 Å². The first-order valence-corrected chi connectivity index (χ1v) is 11.0. The molecular formula is C23H33N5O. The van der Waals surface area contributed by atoms with Crippen molar-refractivity contribution < 1.29 is 0 Å². The smallest absolute Gasteiger partial charge is 0.354 e. The molecule has 2 aliphatic rings. The molecule has 0 saturated heterocycles. The van der Waals surface area contributed by atoms with E-state index in [4.69, 9.17) is 11.5 Å². The molecule has 0 radical (unpaired) electrons. The van der Waals surface area contributed by atoms with Gasteiger partial charge in [0.15, 0.2) is 0 Å². The van der Waals surface area contributed by atoms with E-state index < -0.39 is 0 Å². The summed E-state index contributed by atoms with van der Waals surface area (Å²) in [6.45, 7) is 3.59. The van der Waals surface area contributed by atoms with Crippen molar-refractivity contribution in [3.8, 4) is 5.69 Å². The van der Waals surface area contributed by atoms with Crippen molar-refractivity contribution in [2.24, 2.45) is 11.7 Å². The molecule has 1 heterocycles. The molecule has 2 aliphatic carbocycles. The Morgan fingerprint density at radius 2 is 1.79 bits per heavy atom. The molecular weight excluding hydrogens is 362 g/mol. The molecule has 1 unspecified atom stereocenters. The van der Waals surface area contributed by atoms with E-state index >= 15 is 0 Å². The largest absolute Gasteiger partial charge is 0.383 e. The number of aromatic nitrogens is 2. The molecule has 0 aliphatic heterocycles. The molecule has 6 nitrogen and oxygen atoms in total. The standard InChI is InChI=1S/C23H33N5O/c1-16(28(15-18-2-3-18)21-10-6-19(24)7-11-21)14-17-4-8-20(9-5-17)27-13-12-22(25)26-23(27)29/h4-5,8-9,12-13,16,18-19,21H,2-3,6-7,10-11,14-15,24H2,1H3,(H2,25,26,29). The maximum Gasteiger partial charge on any atom is 0.354 e. The molecule has 2 saturated carbocycles. The summed E-state index contributed by atoms with van der Waals surface area (Å²) in [6.07, 6.45) is 10.2. The summed E-state index contributed by atoms with van der Waals surface area (Å²) < 4.78 is 1.52. The van der Waals surface area contributed by atoms with Crippen molar-refractivity contribution in [1.29, 1.82) is 0 Å². The molecule has 0 spiro atoms. The van der Waals surface area contributed by atoms with Gasteiger partial charge in [-0.05, 0) is 81.5 Å². The van der Waals surface area contributed by atoms with Crippen LogP contribution in [0, 0.1) is 5.92 Å². The van der Waals surface area contributed by atoms with Crippen molar-refractivity contribution in [3.05, 3.63) is 52.6 Å². The molecule has 1 aromatic carbocycles. The number of hydrogen-bond acceptors (Lipinski definition) is 5. The molecule has 1 aromatic heterocycles. The highest BCUT2D eigenvalue weighted by molar-refractivity contribution is 5.36. The summed E-state index contributed by atoms with van der Waals surface area (Å²) >= 11 is 0. The lowest BCUT2D eigenvalue weighted by Crippen LogP contribution is -2.47. The predicted molar refractivity (Wildman–Crippen MR) is 117 cm³/mol. The molecule has 0 bridgehead atoms. The molecule has 6 heteroatoms. The molecule has 2 fully saturated rings. The third-order valence-electron chi connectivity index (χ3n) is 6.51. The first-order chi connectivity index (χ1) is 14.0. The van der Waals surface area contributed by atoms with Crippen molar-refractivity contribution >= 4 is 5.82 Å². The molecule has 4 N–H and O–H groups in total. The molecule has 1 atom stereocenters. The minimum absolute atomic E-state index is 0.246. The van der Waals surface area contributed by atoms with Crippen molar-refractivity contribution in [3.63, 3.8) is 0 Å². The highest BCUT2D eigenvalue weighted by atomic mass is 16.1. The van der Waals surface area contributed by atoms with Gasteiger partial charge in [-0.3, -0.25) is 9.47 Å². The Bertz CT molecular complexity index is 866. The summed E-state index contributed by atoms with van der Waals surface area (Å²) in [4.78, 5) is 18.6. The fourth-order valence-electron chi connectivity index (χ4n) is 4.58. The van der Waals surface area contributed by atoms with Crippen molar-refractivity contribution in [2.75, 3.05) is 12.3 Å². The Balaban J connectivity index is 1.44. The van der Waals surface area contributed by atoms with Gasteiger partial charge in [0.05, 0.1) is 5.69 Å². The van der Waals surface area contributed by atoms with E-state index in [1.807, 2.05) is 12.1 Å². The maximum absolute atomic E-state index is 12.1. The van der Waals surface area contributed by atoms with Crippen molar-refractivity contribution in [1.82, 2.24) is 14.5 Å². The fraction of sp³-hybridized carbons (Fsp3) is 0.565. The van der Waals surface area contributed by atoms with Crippen LogP contribution in [0.1, 0.15) is 51.0 Å². The van der Waals surface area contributed by atoms with Crippen LogP contribution >= 0.6 is 0 Å². The second kappa shape index (κ2) is 8.67. The number of benzene rings is 1. The number of anilines is 1. The van der Waals surface area contributed by atoms with Crippen LogP contribution < -0.4 is 17.2 Å². The molecule has 4 rings (SSSR count). The van der Waals surface area contributed by atoms with E-state index in [0.717, 1.165) is 30.9 Å². The Morgan fingerprint density at radius 3 is 2.41 bits per heavy atom. The van der Waals surface area contributed by atoms with Gasteiger partial charge in [0.1, 0.15) is 5.82 Å². The first kappa shape index (κ1) is 20.1. The lowest BCUT2D eigenvalue weighted by molar-refractivity contribution is 0.101. The Morgan fingerprint density at radius 1 is 1.10 bits per heavy atom. The van der Waals surface area contributed by atoms with Gasteiger partial charge < -0.3 is 11.5 Å². The number of nitrogens with zero attached hydrogens (tertiary/aromatic N) is 3. The molecule has 2 aromatic rings. The maximum atomic E-state index is 12.1. The van der Waals surface area contributed by atoms with Gasteiger partial charge in [0.25, 0.3) is 0 Å². The third-order valence-corrected chi connectivity index (χ3v) is 6.51. The van der Waals surface area contributed by atoms with Gasteiger partial charge in [0.2, 0.25) is 0 Å². The van der Waals surface area contributed by atoms with E-state index in [2.05, 4.69) is 28.9 Å². The van der Waals surface area contributed by atoms with Gasteiger partial charge in [-0.1, -0.05) is 12.1 Å². The van der Waals surface area contributed by atoms with Gasteiger partial charge in [0, 0.05) is 30.9 Å². The topological polar surface area (TPSA) is 90.2 Å². The monoisotopic (exact) mass is 395 g/mol. The van der Waals surface area contributed by atoms with E-state index in [1.165, 1.54) is 42.4 Å². The highest BCUT2D eigenvalue weighted by Gasteiger charge is 2.32.